The Morgan fingerprint density at radius 3 is 2.10 bits per heavy atom. The lowest BCUT2D eigenvalue weighted by molar-refractivity contribution is 0.208. The molecule has 2 aliphatic rings. The predicted molar refractivity (Wildman–Crippen MR) is 91.8 cm³/mol. The van der Waals surface area contributed by atoms with Crippen LogP contribution >= 0.6 is 35.0 Å². The first-order chi connectivity index (χ1) is 10.1. The highest BCUT2D eigenvalue weighted by molar-refractivity contribution is 7.98. The molecule has 0 spiro atoms. The lowest BCUT2D eigenvalue weighted by atomic mass is 10.1. The molecule has 21 heavy (non-hydrogen) atoms. The smallest absolute Gasteiger partial charge is 0.0752 e. The fourth-order valence-corrected chi connectivity index (χ4v) is 3.23. The zero-order valence-corrected chi connectivity index (χ0v) is 13.8. The van der Waals surface area contributed by atoms with Crippen LogP contribution in [-0.2, 0) is 5.75 Å². The van der Waals surface area contributed by atoms with Crippen molar-refractivity contribution in [1.29, 1.82) is 0 Å². The first-order valence-corrected chi connectivity index (χ1v) is 8.51. The summed E-state index contributed by atoms with van der Waals surface area (Å²) in [6.45, 7) is 0.293. The van der Waals surface area contributed by atoms with Crippen LogP contribution in [0.1, 0.15) is 5.56 Å². The number of rotatable bonds is 5. The number of aliphatic hydroxyl groups excluding tert-OH is 1. The number of halogens is 2. The van der Waals surface area contributed by atoms with Crippen molar-refractivity contribution in [2.24, 2.45) is 5.73 Å². The SMILES string of the molecule is NCC(O)CSCc1ccc(Cl)cc1Cl.c1cc2ccc1=2. The Kier molecular flexibility index (Phi) is 6.40. The van der Waals surface area contributed by atoms with Gasteiger partial charge >= 0.3 is 0 Å². The molecule has 0 aliphatic heterocycles. The lowest BCUT2D eigenvalue weighted by Crippen LogP contribution is -2.21. The van der Waals surface area contributed by atoms with Crippen molar-refractivity contribution >= 4 is 35.0 Å². The molecule has 0 heterocycles. The summed E-state index contributed by atoms with van der Waals surface area (Å²) in [5.74, 6) is 1.38. The molecule has 1 aromatic carbocycles. The molecule has 1 aromatic rings. The molecule has 0 saturated heterocycles. The van der Waals surface area contributed by atoms with Gasteiger partial charge in [-0.1, -0.05) is 53.5 Å². The Labute approximate surface area is 138 Å². The number of aliphatic hydroxyl groups is 1. The van der Waals surface area contributed by atoms with Crippen LogP contribution in [0.3, 0.4) is 0 Å². The molecule has 2 nitrogen and oxygen atoms in total. The summed E-state index contributed by atoms with van der Waals surface area (Å²) in [6.07, 6.45) is -0.443. The van der Waals surface area contributed by atoms with E-state index in [1.807, 2.05) is 12.1 Å². The van der Waals surface area contributed by atoms with Gasteiger partial charge in [-0.05, 0) is 28.1 Å². The molecular weight excluding hydrogens is 325 g/mol. The van der Waals surface area contributed by atoms with Gasteiger partial charge in [-0.3, -0.25) is 0 Å². The molecule has 0 bridgehead atoms. The number of hydrogen-bond acceptors (Lipinski definition) is 3. The largest absolute Gasteiger partial charge is 0.391 e. The predicted octanol–water partition coefficient (Wildman–Crippen LogP) is 3.83. The highest BCUT2D eigenvalue weighted by atomic mass is 35.5. The van der Waals surface area contributed by atoms with Crippen molar-refractivity contribution in [2.45, 2.75) is 11.9 Å². The third-order valence-electron chi connectivity index (χ3n) is 3.07. The second-order valence-corrected chi connectivity index (χ2v) is 6.59. The van der Waals surface area contributed by atoms with Crippen molar-refractivity contribution in [3.63, 3.8) is 0 Å². The molecule has 0 saturated carbocycles. The third-order valence-corrected chi connectivity index (χ3v) is 4.80. The third kappa shape index (κ3) is 4.90. The highest BCUT2D eigenvalue weighted by Crippen LogP contribution is 2.24. The minimum atomic E-state index is -0.443. The van der Waals surface area contributed by atoms with Crippen LogP contribution < -0.4 is 5.73 Å². The number of nitrogens with two attached hydrogens (primary N) is 1. The summed E-state index contributed by atoms with van der Waals surface area (Å²) in [5.41, 5.74) is 6.32. The minimum absolute atomic E-state index is 0.293. The van der Waals surface area contributed by atoms with Gasteiger partial charge in [0.15, 0.2) is 0 Å². The number of benzene rings is 2. The Balaban J connectivity index is 0.000000218. The lowest BCUT2D eigenvalue weighted by Gasteiger charge is -2.08. The van der Waals surface area contributed by atoms with E-state index in [1.54, 1.807) is 17.8 Å². The molecular formula is C16H17Cl2NOS. The van der Waals surface area contributed by atoms with Crippen LogP contribution in [0.4, 0.5) is 0 Å². The second-order valence-electron chi connectivity index (χ2n) is 4.72. The quantitative estimate of drug-likeness (QED) is 0.741. The molecule has 3 rings (SSSR count). The number of thioether (sulfide) groups is 1. The minimum Gasteiger partial charge on any atom is -0.391 e. The van der Waals surface area contributed by atoms with E-state index < -0.39 is 6.10 Å². The van der Waals surface area contributed by atoms with E-state index in [0.717, 1.165) is 11.3 Å². The van der Waals surface area contributed by atoms with E-state index in [-0.39, 0.29) is 0 Å². The van der Waals surface area contributed by atoms with Crippen molar-refractivity contribution in [3.05, 3.63) is 68.5 Å². The Morgan fingerprint density at radius 2 is 1.67 bits per heavy atom. The molecule has 0 amide bonds. The van der Waals surface area contributed by atoms with Crippen LogP contribution in [0, 0.1) is 10.4 Å². The van der Waals surface area contributed by atoms with E-state index in [1.165, 1.54) is 10.4 Å². The molecule has 0 fully saturated rings. The first-order valence-electron chi connectivity index (χ1n) is 6.60. The fraction of sp³-hybridized carbons (Fsp3) is 0.250. The van der Waals surface area contributed by atoms with Crippen molar-refractivity contribution < 1.29 is 5.11 Å². The molecule has 5 heteroatoms. The van der Waals surface area contributed by atoms with E-state index in [9.17, 15) is 5.11 Å². The molecule has 0 radical (unpaired) electrons. The monoisotopic (exact) mass is 341 g/mol. The molecule has 1 unspecified atom stereocenters. The van der Waals surface area contributed by atoms with Gasteiger partial charge in [0.2, 0.25) is 0 Å². The van der Waals surface area contributed by atoms with Crippen LogP contribution in [0.15, 0.2) is 42.5 Å². The van der Waals surface area contributed by atoms with Crippen molar-refractivity contribution in [1.82, 2.24) is 0 Å². The van der Waals surface area contributed by atoms with Crippen LogP contribution in [0.2, 0.25) is 10.0 Å². The average Bonchev–Trinajstić information content (AvgIpc) is 2.45. The van der Waals surface area contributed by atoms with Gasteiger partial charge in [-0.2, -0.15) is 11.8 Å². The van der Waals surface area contributed by atoms with Gasteiger partial charge in [0.1, 0.15) is 0 Å². The summed E-state index contributed by atoms with van der Waals surface area (Å²) < 4.78 is 0. The van der Waals surface area contributed by atoms with Gasteiger partial charge in [-0.15, -0.1) is 0 Å². The summed E-state index contributed by atoms with van der Waals surface area (Å²) in [7, 11) is 0. The standard InChI is InChI=1S/C10H13Cl2NOS.C6H4/c11-8-2-1-7(10(12)3-8)5-15-6-9(14)4-13;1-2-6-4-3-5(1)6/h1-3,9,14H,4-6,13H2;1-4H. The maximum absolute atomic E-state index is 9.25. The van der Waals surface area contributed by atoms with E-state index in [2.05, 4.69) is 24.3 Å². The van der Waals surface area contributed by atoms with Gasteiger partial charge < -0.3 is 10.8 Å². The normalized spacial score (nSPS) is 12.4. The Bertz CT molecular complexity index is 643. The maximum atomic E-state index is 9.25. The van der Waals surface area contributed by atoms with E-state index in [4.69, 9.17) is 28.9 Å². The summed E-state index contributed by atoms with van der Waals surface area (Å²) in [5, 5.41) is 13.4. The first kappa shape index (κ1) is 16.7. The molecule has 3 N–H and O–H groups in total. The summed E-state index contributed by atoms with van der Waals surface area (Å²) >= 11 is 13.4. The zero-order chi connectivity index (χ0) is 15.2. The van der Waals surface area contributed by atoms with Crippen molar-refractivity contribution in [2.75, 3.05) is 12.3 Å². The van der Waals surface area contributed by atoms with E-state index in [0.29, 0.717) is 22.3 Å². The molecule has 1 atom stereocenters. The van der Waals surface area contributed by atoms with Gasteiger partial charge in [-0.25, -0.2) is 0 Å². The van der Waals surface area contributed by atoms with Crippen LogP contribution in [0.25, 0.3) is 0 Å². The fourth-order valence-electron chi connectivity index (χ4n) is 1.67. The van der Waals surface area contributed by atoms with Gasteiger partial charge in [0, 0.05) is 28.1 Å². The maximum Gasteiger partial charge on any atom is 0.0752 e. The topological polar surface area (TPSA) is 46.2 Å². The summed E-state index contributed by atoms with van der Waals surface area (Å²) in [4.78, 5) is 0. The number of hydrogen-bond donors (Lipinski definition) is 2. The zero-order valence-electron chi connectivity index (χ0n) is 11.4. The molecule has 0 aromatic heterocycles. The summed E-state index contributed by atoms with van der Waals surface area (Å²) in [6, 6.07) is 13.9. The highest BCUT2D eigenvalue weighted by Gasteiger charge is 2.04. The van der Waals surface area contributed by atoms with Crippen LogP contribution in [0.5, 0.6) is 0 Å². The molecule has 2 aliphatic carbocycles. The Hall–Kier alpha value is -0.710. The Morgan fingerprint density at radius 1 is 1.05 bits per heavy atom. The van der Waals surface area contributed by atoms with E-state index >= 15 is 0 Å². The van der Waals surface area contributed by atoms with Crippen LogP contribution in [-0.4, -0.2) is 23.5 Å². The average molecular weight is 342 g/mol. The molecule has 112 valence electrons. The second kappa shape index (κ2) is 8.06. The van der Waals surface area contributed by atoms with Crippen molar-refractivity contribution in [3.8, 4) is 0 Å². The van der Waals surface area contributed by atoms with Gasteiger partial charge in [0.05, 0.1) is 6.10 Å². The van der Waals surface area contributed by atoms with Gasteiger partial charge in [0.25, 0.3) is 0 Å².